The molecule has 0 spiro atoms. The van der Waals surface area contributed by atoms with Crippen molar-refractivity contribution in [2.24, 2.45) is 11.8 Å². The minimum atomic E-state index is -0.500. The third kappa shape index (κ3) is 2.96. The lowest BCUT2D eigenvalue weighted by Gasteiger charge is -2.32. The fourth-order valence-electron chi connectivity index (χ4n) is 4.78. The monoisotopic (exact) mass is 397 g/mol. The van der Waals surface area contributed by atoms with Crippen LogP contribution < -0.4 is 4.90 Å². The largest absolute Gasteiger partial charge is 0.274 e. The lowest BCUT2D eigenvalue weighted by Crippen LogP contribution is -2.31. The van der Waals surface area contributed by atoms with Crippen LogP contribution in [0.25, 0.3) is 0 Å². The topological polar surface area (TPSA) is 37.4 Å². The van der Waals surface area contributed by atoms with Gasteiger partial charge in [0, 0.05) is 11.8 Å². The minimum Gasteiger partial charge on any atom is -0.274 e. The lowest BCUT2D eigenvalue weighted by atomic mass is 9.68. The molecule has 4 heteroatoms. The minimum absolute atomic E-state index is 0.182. The van der Waals surface area contributed by atoms with Gasteiger partial charge < -0.3 is 0 Å². The zero-order valence-corrected chi connectivity index (χ0v) is 16.2. The van der Waals surface area contributed by atoms with Crippen LogP contribution in [0, 0.1) is 17.7 Å². The van der Waals surface area contributed by atoms with Crippen molar-refractivity contribution in [1.82, 2.24) is 0 Å². The quantitative estimate of drug-likeness (QED) is 0.457. The third-order valence-corrected chi connectivity index (χ3v) is 6.15. The van der Waals surface area contributed by atoms with Gasteiger partial charge in [-0.05, 0) is 35.4 Å². The highest BCUT2D eigenvalue weighted by molar-refractivity contribution is 6.22. The number of carbonyl (C=O) groups is 2. The van der Waals surface area contributed by atoms with E-state index < -0.39 is 17.7 Å². The number of benzene rings is 3. The molecule has 3 aromatic rings. The second kappa shape index (κ2) is 7.38. The molecule has 148 valence electrons. The van der Waals surface area contributed by atoms with Gasteiger partial charge in [0.1, 0.15) is 5.82 Å². The molecule has 0 radical (unpaired) electrons. The van der Waals surface area contributed by atoms with E-state index in [0.717, 1.165) is 11.1 Å². The van der Waals surface area contributed by atoms with E-state index in [-0.39, 0.29) is 23.7 Å². The van der Waals surface area contributed by atoms with Crippen LogP contribution in [0.15, 0.2) is 97.1 Å². The molecule has 0 bridgehead atoms. The number of allylic oxidation sites excluding steroid dienone is 2. The number of imide groups is 1. The molecule has 2 amide bonds. The zero-order valence-electron chi connectivity index (χ0n) is 16.2. The van der Waals surface area contributed by atoms with Crippen LogP contribution in [-0.2, 0) is 9.59 Å². The molecule has 4 atom stereocenters. The maximum Gasteiger partial charge on any atom is 0.238 e. The smallest absolute Gasteiger partial charge is 0.238 e. The Balaban J connectivity index is 1.63. The molecular weight excluding hydrogens is 377 g/mol. The highest BCUT2D eigenvalue weighted by Crippen LogP contribution is 2.50. The van der Waals surface area contributed by atoms with Crippen LogP contribution in [0.3, 0.4) is 0 Å². The molecule has 1 aliphatic heterocycles. The van der Waals surface area contributed by atoms with Crippen molar-refractivity contribution < 1.29 is 14.0 Å². The number of carbonyl (C=O) groups excluding carboxylic acids is 2. The van der Waals surface area contributed by atoms with Crippen molar-refractivity contribution in [3.05, 3.63) is 114 Å². The number of amides is 2. The molecule has 3 nitrogen and oxygen atoms in total. The van der Waals surface area contributed by atoms with Crippen LogP contribution in [-0.4, -0.2) is 11.8 Å². The molecule has 2 aliphatic rings. The first-order valence-electron chi connectivity index (χ1n) is 10.1. The number of hydrogen-bond donors (Lipinski definition) is 0. The van der Waals surface area contributed by atoms with Crippen molar-refractivity contribution in [1.29, 1.82) is 0 Å². The summed E-state index contributed by atoms with van der Waals surface area (Å²) in [5.74, 6) is -2.22. The van der Waals surface area contributed by atoms with Gasteiger partial charge in [-0.3, -0.25) is 9.59 Å². The summed E-state index contributed by atoms with van der Waals surface area (Å²) >= 11 is 0. The SMILES string of the molecule is O=C1[C@@H]2[C@H](C(=O)N1c1ccc(F)cc1)[C@H](c1ccccc1)C=C[C@@H]2c1ccccc1. The molecule has 1 fully saturated rings. The van der Waals surface area contributed by atoms with Crippen molar-refractivity contribution in [3.63, 3.8) is 0 Å². The van der Waals surface area contributed by atoms with E-state index in [1.165, 1.54) is 29.2 Å². The van der Waals surface area contributed by atoms with Gasteiger partial charge in [0.25, 0.3) is 0 Å². The van der Waals surface area contributed by atoms with E-state index >= 15 is 0 Å². The van der Waals surface area contributed by atoms with Gasteiger partial charge in [-0.1, -0.05) is 72.8 Å². The standard InChI is InChI=1S/C26H20FNO2/c27-19-11-13-20(14-12-19)28-25(29)23-21(17-7-3-1-4-8-17)15-16-22(24(23)26(28)30)18-9-5-2-6-10-18/h1-16,21-24H/t21-,22+,23+,24-. The predicted molar refractivity (Wildman–Crippen MR) is 113 cm³/mol. The van der Waals surface area contributed by atoms with E-state index in [1.807, 2.05) is 60.7 Å². The molecule has 5 rings (SSSR count). The first-order valence-corrected chi connectivity index (χ1v) is 10.1. The van der Waals surface area contributed by atoms with Crippen LogP contribution >= 0.6 is 0 Å². The zero-order chi connectivity index (χ0) is 20.7. The van der Waals surface area contributed by atoms with E-state index in [9.17, 15) is 14.0 Å². The maximum atomic E-state index is 13.6. The van der Waals surface area contributed by atoms with Crippen molar-refractivity contribution in [3.8, 4) is 0 Å². The second-order valence-electron chi connectivity index (χ2n) is 7.80. The Morgan fingerprint density at radius 1 is 0.600 bits per heavy atom. The summed E-state index contributed by atoms with van der Waals surface area (Å²) in [6.45, 7) is 0. The first-order chi connectivity index (χ1) is 14.6. The Hall–Kier alpha value is -3.53. The first kappa shape index (κ1) is 18.5. The Morgan fingerprint density at radius 3 is 1.47 bits per heavy atom. The van der Waals surface area contributed by atoms with E-state index in [4.69, 9.17) is 0 Å². The average Bonchev–Trinajstić information content (AvgIpc) is 3.06. The summed E-state index contributed by atoms with van der Waals surface area (Å²) in [6.07, 6.45) is 4.13. The molecule has 3 aromatic carbocycles. The molecule has 1 heterocycles. The predicted octanol–water partition coefficient (Wildman–Crippen LogP) is 5.07. The maximum absolute atomic E-state index is 13.6. The summed E-state index contributed by atoms with van der Waals surface area (Å²) in [6, 6.07) is 25.2. The van der Waals surface area contributed by atoms with Crippen molar-refractivity contribution >= 4 is 17.5 Å². The molecule has 0 N–H and O–H groups in total. The van der Waals surface area contributed by atoms with Gasteiger partial charge in [-0.2, -0.15) is 0 Å². The number of anilines is 1. The number of hydrogen-bond acceptors (Lipinski definition) is 2. The van der Waals surface area contributed by atoms with Gasteiger partial charge in [0.2, 0.25) is 11.8 Å². The molecular formula is C26H20FNO2. The van der Waals surface area contributed by atoms with Crippen LogP contribution in [0.2, 0.25) is 0 Å². The van der Waals surface area contributed by atoms with E-state index in [0.29, 0.717) is 5.69 Å². The Kier molecular flexibility index (Phi) is 4.55. The molecule has 1 aliphatic carbocycles. The van der Waals surface area contributed by atoms with E-state index in [2.05, 4.69) is 12.2 Å². The van der Waals surface area contributed by atoms with Gasteiger partial charge in [0.05, 0.1) is 17.5 Å². The van der Waals surface area contributed by atoms with Crippen molar-refractivity contribution in [2.75, 3.05) is 4.90 Å². The van der Waals surface area contributed by atoms with Gasteiger partial charge in [-0.25, -0.2) is 9.29 Å². The molecule has 0 unspecified atom stereocenters. The second-order valence-corrected chi connectivity index (χ2v) is 7.80. The fraction of sp³-hybridized carbons (Fsp3) is 0.154. The van der Waals surface area contributed by atoms with Gasteiger partial charge in [0.15, 0.2) is 0 Å². The third-order valence-electron chi connectivity index (χ3n) is 6.15. The highest BCUT2D eigenvalue weighted by atomic mass is 19.1. The van der Waals surface area contributed by atoms with E-state index in [1.54, 1.807) is 0 Å². The molecule has 0 saturated carbocycles. The number of fused-ring (bicyclic) bond motifs is 1. The molecule has 0 aromatic heterocycles. The Labute approximate surface area is 174 Å². The summed E-state index contributed by atoms with van der Waals surface area (Å²) in [4.78, 5) is 28.4. The number of halogens is 1. The molecule has 1 saturated heterocycles. The van der Waals surface area contributed by atoms with Crippen molar-refractivity contribution in [2.45, 2.75) is 11.8 Å². The number of rotatable bonds is 3. The van der Waals surface area contributed by atoms with Crippen LogP contribution in [0.1, 0.15) is 23.0 Å². The molecule has 30 heavy (non-hydrogen) atoms. The normalized spacial score (nSPS) is 25.4. The van der Waals surface area contributed by atoms with Crippen LogP contribution in [0.5, 0.6) is 0 Å². The van der Waals surface area contributed by atoms with Gasteiger partial charge in [-0.15, -0.1) is 0 Å². The summed E-state index contributed by atoms with van der Waals surface area (Å²) in [5.41, 5.74) is 2.44. The van der Waals surface area contributed by atoms with Gasteiger partial charge >= 0.3 is 0 Å². The number of nitrogens with zero attached hydrogens (tertiary/aromatic N) is 1. The van der Waals surface area contributed by atoms with Crippen LogP contribution in [0.4, 0.5) is 10.1 Å². The lowest BCUT2D eigenvalue weighted by molar-refractivity contribution is -0.122. The Morgan fingerprint density at radius 2 is 1.03 bits per heavy atom. The highest BCUT2D eigenvalue weighted by Gasteiger charge is 2.55. The Bertz CT molecular complexity index is 1040. The summed E-state index contributed by atoms with van der Waals surface area (Å²) in [7, 11) is 0. The summed E-state index contributed by atoms with van der Waals surface area (Å²) in [5, 5.41) is 0. The average molecular weight is 397 g/mol. The fourth-order valence-corrected chi connectivity index (χ4v) is 4.78. The summed E-state index contributed by atoms with van der Waals surface area (Å²) < 4.78 is 13.4.